The first-order chi connectivity index (χ1) is 12.0. The Hall–Kier alpha value is -1.10. The number of amides is 1. The number of unbranched alkanes of at least 4 members (excludes halogenated alkanes) is 8. The van der Waals surface area contributed by atoms with Crippen LogP contribution < -0.4 is 5.32 Å². The van der Waals surface area contributed by atoms with Crippen LogP contribution in [0.2, 0.25) is 0 Å². The summed E-state index contributed by atoms with van der Waals surface area (Å²) in [5.41, 5.74) is 0. The summed E-state index contributed by atoms with van der Waals surface area (Å²) in [6, 6.07) is 0.423. The average Bonchev–Trinajstić information content (AvgIpc) is 2.55. The fourth-order valence-corrected chi connectivity index (χ4v) is 3.05. The molecule has 5 nitrogen and oxygen atoms in total. The van der Waals surface area contributed by atoms with Crippen molar-refractivity contribution in [2.75, 3.05) is 20.1 Å². The number of aliphatic carboxylic acids is 1. The molecule has 1 aliphatic heterocycles. The molecule has 0 unspecified atom stereocenters. The Balaban J connectivity index is 0.00000129. The summed E-state index contributed by atoms with van der Waals surface area (Å²) < 4.78 is 0. The van der Waals surface area contributed by atoms with Gasteiger partial charge in [0.2, 0.25) is 5.91 Å². The van der Waals surface area contributed by atoms with Gasteiger partial charge in [0, 0.05) is 19.4 Å². The first-order valence-corrected chi connectivity index (χ1v) is 10.1. The number of rotatable bonds is 11. The van der Waals surface area contributed by atoms with Crippen LogP contribution >= 0.6 is 0 Å². The van der Waals surface area contributed by atoms with E-state index in [-0.39, 0.29) is 5.91 Å². The highest BCUT2D eigenvalue weighted by Crippen LogP contribution is 2.11. The lowest BCUT2D eigenvalue weighted by Crippen LogP contribution is -2.43. The van der Waals surface area contributed by atoms with Gasteiger partial charge in [0.15, 0.2) is 0 Å². The van der Waals surface area contributed by atoms with Crippen LogP contribution in [-0.4, -0.2) is 48.1 Å². The molecule has 0 radical (unpaired) electrons. The second-order valence-electron chi connectivity index (χ2n) is 7.24. The molecule has 0 aromatic rings. The van der Waals surface area contributed by atoms with E-state index in [1.807, 2.05) is 0 Å². The standard InChI is InChI=1S/C18H36N2O.C2H4O2/c1-3-4-5-6-7-8-9-10-11-12-18(21)19-17-13-15-20(2)16-14-17;1-2(3)4/h17H,3-16H2,1-2H3,(H,19,21);1H3,(H,3,4). The molecule has 0 aromatic carbocycles. The van der Waals surface area contributed by atoms with E-state index in [2.05, 4.69) is 24.2 Å². The summed E-state index contributed by atoms with van der Waals surface area (Å²) in [5, 5.41) is 10.6. The highest BCUT2D eigenvalue weighted by Gasteiger charge is 2.17. The minimum Gasteiger partial charge on any atom is -0.481 e. The summed E-state index contributed by atoms with van der Waals surface area (Å²) in [6.07, 6.45) is 14.8. The van der Waals surface area contributed by atoms with Crippen molar-refractivity contribution in [1.29, 1.82) is 0 Å². The molecule has 0 aliphatic carbocycles. The molecule has 5 heteroatoms. The molecule has 1 saturated heterocycles. The fraction of sp³-hybridized carbons (Fsp3) is 0.900. The van der Waals surface area contributed by atoms with E-state index in [4.69, 9.17) is 9.90 Å². The number of hydrogen-bond donors (Lipinski definition) is 2. The number of nitrogens with zero attached hydrogens (tertiary/aromatic N) is 1. The van der Waals surface area contributed by atoms with E-state index >= 15 is 0 Å². The number of nitrogens with one attached hydrogen (secondary N) is 1. The van der Waals surface area contributed by atoms with Crippen molar-refractivity contribution in [3.05, 3.63) is 0 Å². The van der Waals surface area contributed by atoms with Crippen molar-refractivity contribution in [2.45, 2.75) is 96.9 Å². The van der Waals surface area contributed by atoms with Gasteiger partial charge in [-0.25, -0.2) is 0 Å². The van der Waals surface area contributed by atoms with Gasteiger partial charge in [0.25, 0.3) is 5.97 Å². The van der Waals surface area contributed by atoms with Crippen molar-refractivity contribution in [1.82, 2.24) is 10.2 Å². The van der Waals surface area contributed by atoms with Gasteiger partial charge >= 0.3 is 0 Å². The molecule has 2 N–H and O–H groups in total. The van der Waals surface area contributed by atoms with Gasteiger partial charge in [-0.1, -0.05) is 58.3 Å². The molecule has 148 valence electrons. The van der Waals surface area contributed by atoms with E-state index in [1.54, 1.807) is 0 Å². The van der Waals surface area contributed by atoms with Gasteiger partial charge in [-0.2, -0.15) is 0 Å². The zero-order chi connectivity index (χ0) is 18.9. The predicted molar refractivity (Wildman–Crippen MR) is 104 cm³/mol. The number of carbonyl (C=O) groups is 2. The van der Waals surface area contributed by atoms with E-state index < -0.39 is 5.97 Å². The van der Waals surface area contributed by atoms with E-state index in [0.29, 0.717) is 6.04 Å². The molecular formula is C20H40N2O3. The third-order valence-electron chi connectivity index (χ3n) is 4.59. The van der Waals surface area contributed by atoms with Gasteiger partial charge in [0.05, 0.1) is 0 Å². The average molecular weight is 357 g/mol. The first-order valence-electron chi connectivity index (χ1n) is 10.1. The van der Waals surface area contributed by atoms with Gasteiger partial charge in [-0.05, 0) is 39.4 Å². The summed E-state index contributed by atoms with van der Waals surface area (Å²) in [6.45, 7) is 5.57. The Morgan fingerprint density at radius 3 is 1.88 bits per heavy atom. The minimum atomic E-state index is -0.833. The van der Waals surface area contributed by atoms with Crippen LogP contribution in [0.3, 0.4) is 0 Å². The van der Waals surface area contributed by atoms with Crippen LogP contribution in [0, 0.1) is 0 Å². The largest absolute Gasteiger partial charge is 0.481 e. The van der Waals surface area contributed by atoms with E-state index in [0.717, 1.165) is 45.7 Å². The van der Waals surface area contributed by atoms with Crippen molar-refractivity contribution in [3.8, 4) is 0 Å². The molecule has 0 spiro atoms. The second kappa shape index (κ2) is 16.4. The number of carbonyl (C=O) groups excluding carboxylic acids is 1. The number of likely N-dealkylation sites (tertiary alicyclic amines) is 1. The summed E-state index contributed by atoms with van der Waals surface area (Å²) in [4.78, 5) is 23.2. The lowest BCUT2D eigenvalue weighted by atomic mass is 10.0. The molecule has 1 amide bonds. The SMILES string of the molecule is CC(=O)O.CCCCCCCCCCCC(=O)NC1CCN(C)CC1. The molecule has 1 aliphatic rings. The van der Waals surface area contributed by atoms with Crippen LogP contribution in [0.1, 0.15) is 90.9 Å². The first kappa shape index (κ1) is 23.9. The van der Waals surface area contributed by atoms with Gasteiger partial charge < -0.3 is 15.3 Å². The molecule has 1 fully saturated rings. The van der Waals surface area contributed by atoms with Crippen LogP contribution in [0.5, 0.6) is 0 Å². The zero-order valence-corrected chi connectivity index (χ0v) is 16.7. The topological polar surface area (TPSA) is 69.6 Å². The van der Waals surface area contributed by atoms with Crippen LogP contribution in [-0.2, 0) is 9.59 Å². The molecule has 1 rings (SSSR count). The monoisotopic (exact) mass is 356 g/mol. The minimum absolute atomic E-state index is 0.271. The van der Waals surface area contributed by atoms with Crippen molar-refractivity contribution >= 4 is 11.9 Å². The molecule has 1 heterocycles. The molecule has 0 saturated carbocycles. The Kier molecular flexibility index (Phi) is 15.7. The van der Waals surface area contributed by atoms with Crippen molar-refractivity contribution in [3.63, 3.8) is 0 Å². The second-order valence-corrected chi connectivity index (χ2v) is 7.24. The Morgan fingerprint density at radius 2 is 1.40 bits per heavy atom. The third kappa shape index (κ3) is 17.5. The maximum Gasteiger partial charge on any atom is 0.300 e. The Labute approximate surface area is 154 Å². The maximum absolute atomic E-state index is 11.9. The quantitative estimate of drug-likeness (QED) is 0.544. The Morgan fingerprint density at radius 1 is 0.960 bits per heavy atom. The highest BCUT2D eigenvalue weighted by atomic mass is 16.4. The van der Waals surface area contributed by atoms with Gasteiger partial charge in [-0.3, -0.25) is 9.59 Å². The number of carboxylic acids is 1. The number of hydrogen-bond acceptors (Lipinski definition) is 3. The molecule has 0 bridgehead atoms. The molecular weight excluding hydrogens is 316 g/mol. The molecule has 25 heavy (non-hydrogen) atoms. The van der Waals surface area contributed by atoms with Crippen LogP contribution in [0.25, 0.3) is 0 Å². The molecule has 0 aromatic heterocycles. The zero-order valence-electron chi connectivity index (χ0n) is 16.7. The van der Waals surface area contributed by atoms with E-state index in [1.165, 1.54) is 51.4 Å². The van der Waals surface area contributed by atoms with Crippen LogP contribution in [0.15, 0.2) is 0 Å². The summed E-state index contributed by atoms with van der Waals surface area (Å²) in [7, 11) is 2.15. The number of piperidine rings is 1. The van der Waals surface area contributed by atoms with Gasteiger partial charge in [0.1, 0.15) is 0 Å². The smallest absolute Gasteiger partial charge is 0.300 e. The fourth-order valence-electron chi connectivity index (χ4n) is 3.05. The summed E-state index contributed by atoms with van der Waals surface area (Å²) in [5.74, 6) is -0.563. The third-order valence-corrected chi connectivity index (χ3v) is 4.59. The van der Waals surface area contributed by atoms with Crippen molar-refractivity contribution < 1.29 is 14.7 Å². The van der Waals surface area contributed by atoms with Gasteiger partial charge in [-0.15, -0.1) is 0 Å². The lowest BCUT2D eigenvalue weighted by molar-refractivity contribution is -0.134. The lowest BCUT2D eigenvalue weighted by Gasteiger charge is -2.29. The van der Waals surface area contributed by atoms with E-state index in [9.17, 15) is 4.79 Å². The summed E-state index contributed by atoms with van der Waals surface area (Å²) >= 11 is 0. The highest BCUT2D eigenvalue weighted by molar-refractivity contribution is 5.76. The normalized spacial score (nSPS) is 15.3. The maximum atomic E-state index is 11.9. The van der Waals surface area contributed by atoms with Crippen molar-refractivity contribution in [2.24, 2.45) is 0 Å². The number of carboxylic acid groups (broad SMARTS) is 1. The van der Waals surface area contributed by atoms with Crippen LogP contribution in [0.4, 0.5) is 0 Å². The molecule has 0 atom stereocenters. The Bertz CT molecular complexity index is 336. The predicted octanol–water partition coefficient (Wildman–Crippen LogP) is 4.21.